The smallest absolute Gasteiger partial charge is 0.269 e. The first kappa shape index (κ1) is 13.0. The van der Waals surface area contributed by atoms with Crippen LogP contribution in [-0.2, 0) is 6.54 Å². The highest BCUT2D eigenvalue weighted by Gasteiger charge is 2.25. The fraction of sp³-hybridized carbons (Fsp3) is 0.538. The van der Waals surface area contributed by atoms with Gasteiger partial charge in [-0.05, 0) is 25.5 Å². The second-order valence-electron chi connectivity index (χ2n) is 4.82. The van der Waals surface area contributed by atoms with Gasteiger partial charge < -0.3 is 10.2 Å². The standard InChI is InChI=1S/C13H19N3O2/c1-15(12-5-6-12)8-7-14-10-11-3-2-4-13(9-11)16(17)18/h2-4,9,12,14H,5-8,10H2,1H3. The lowest BCUT2D eigenvalue weighted by Crippen LogP contribution is -2.30. The van der Waals surface area contributed by atoms with Gasteiger partial charge in [0.1, 0.15) is 0 Å². The van der Waals surface area contributed by atoms with Gasteiger partial charge in [0.25, 0.3) is 5.69 Å². The van der Waals surface area contributed by atoms with Gasteiger partial charge in [0, 0.05) is 37.8 Å². The van der Waals surface area contributed by atoms with Crippen molar-refractivity contribution in [1.82, 2.24) is 10.2 Å². The van der Waals surface area contributed by atoms with E-state index in [4.69, 9.17) is 0 Å². The molecule has 98 valence electrons. The van der Waals surface area contributed by atoms with E-state index in [1.807, 2.05) is 6.07 Å². The zero-order valence-electron chi connectivity index (χ0n) is 10.6. The molecule has 5 nitrogen and oxygen atoms in total. The van der Waals surface area contributed by atoms with Gasteiger partial charge in [-0.3, -0.25) is 10.1 Å². The molecule has 1 saturated carbocycles. The van der Waals surface area contributed by atoms with E-state index in [1.54, 1.807) is 12.1 Å². The second kappa shape index (κ2) is 5.93. The van der Waals surface area contributed by atoms with E-state index in [2.05, 4.69) is 17.3 Å². The van der Waals surface area contributed by atoms with Crippen LogP contribution < -0.4 is 5.32 Å². The van der Waals surface area contributed by atoms with Crippen molar-refractivity contribution in [3.8, 4) is 0 Å². The van der Waals surface area contributed by atoms with Crippen LogP contribution in [0.15, 0.2) is 24.3 Å². The van der Waals surface area contributed by atoms with Crippen molar-refractivity contribution in [3.63, 3.8) is 0 Å². The molecule has 1 aromatic rings. The summed E-state index contributed by atoms with van der Waals surface area (Å²) in [4.78, 5) is 12.6. The first-order valence-electron chi connectivity index (χ1n) is 6.31. The first-order chi connectivity index (χ1) is 8.66. The van der Waals surface area contributed by atoms with Crippen LogP contribution in [0.25, 0.3) is 0 Å². The number of rotatable bonds is 7. The van der Waals surface area contributed by atoms with Gasteiger partial charge in [0.05, 0.1) is 4.92 Å². The zero-order chi connectivity index (χ0) is 13.0. The van der Waals surface area contributed by atoms with Gasteiger partial charge in [-0.2, -0.15) is 0 Å². The summed E-state index contributed by atoms with van der Waals surface area (Å²) in [5.74, 6) is 0. The summed E-state index contributed by atoms with van der Waals surface area (Å²) in [6.45, 7) is 2.62. The number of nitro benzene ring substituents is 1. The Kier molecular flexibility index (Phi) is 4.28. The predicted octanol–water partition coefficient (Wildman–Crippen LogP) is 1.78. The minimum atomic E-state index is -0.357. The van der Waals surface area contributed by atoms with Gasteiger partial charge >= 0.3 is 0 Å². The number of likely N-dealkylation sites (N-methyl/N-ethyl adjacent to an activating group) is 1. The number of non-ortho nitro benzene ring substituents is 1. The molecule has 0 spiro atoms. The monoisotopic (exact) mass is 249 g/mol. The van der Waals surface area contributed by atoms with Crippen molar-refractivity contribution in [2.75, 3.05) is 20.1 Å². The third-order valence-electron chi connectivity index (χ3n) is 3.26. The van der Waals surface area contributed by atoms with Crippen LogP contribution >= 0.6 is 0 Å². The average Bonchev–Trinajstić information content (AvgIpc) is 3.19. The zero-order valence-corrected chi connectivity index (χ0v) is 10.6. The van der Waals surface area contributed by atoms with E-state index in [-0.39, 0.29) is 10.6 Å². The van der Waals surface area contributed by atoms with Crippen LogP contribution in [0.2, 0.25) is 0 Å². The molecule has 18 heavy (non-hydrogen) atoms. The maximum Gasteiger partial charge on any atom is 0.269 e. The SMILES string of the molecule is CN(CCNCc1cccc([N+](=O)[O-])c1)C1CC1. The van der Waals surface area contributed by atoms with E-state index >= 15 is 0 Å². The number of nitrogens with one attached hydrogen (secondary N) is 1. The lowest BCUT2D eigenvalue weighted by molar-refractivity contribution is -0.384. The van der Waals surface area contributed by atoms with E-state index in [1.165, 1.54) is 18.9 Å². The molecule has 1 aliphatic rings. The van der Waals surface area contributed by atoms with Crippen LogP contribution in [0.4, 0.5) is 5.69 Å². The van der Waals surface area contributed by atoms with Crippen molar-refractivity contribution in [1.29, 1.82) is 0 Å². The fourth-order valence-electron chi connectivity index (χ4n) is 1.97. The normalized spacial score (nSPS) is 15.0. The van der Waals surface area contributed by atoms with Crippen LogP contribution in [0.5, 0.6) is 0 Å². The Balaban J connectivity index is 1.72. The third-order valence-corrected chi connectivity index (χ3v) is 3.26. The lowest BCUT2D eigenvalue weighted by Gasteiger charge is -2.15. The third kappa shape index (κ3) is 3.78. The Hall–Kier alpha value is -1.46. The summed E-state index contributed by atoms with van der Waals surface area (Å²) in [6.07, 6.45) is 2.64. The highest BCUT2D eigenvalue weighted by atomic mass is 16.6. The van der Waals surface area contributed by atoms with Gasteiger partial charge in [-0.25, -0.2) is 0 Å². The fourth-order valence-corrected chi connectivity index (χ4v) is 1.97. The van der Waals surface area contributed by atoms with Crippen LogP contribution in [-0.4, -0.2) is 36.0 Å². The Morgan fingerprint density at radius 1 is 1.50 bits per heavy atom. The maximum atomic E-state index is 10.6. The number of nitrogens with zero attached hydrogens (tertiary/aromatic N) is 2. The van der Waals surface area contributed by atoms with Gasteiger partial charge in [0.15, 0.2) is 0 Å². The molecule has 0 atom stereocenters. The lowest BCUT2D eigenvalue weighted by atomic mass is 10.2. The molecule has 0 aliphatic heterocycles. The molecule has 0 saturated heterocycles. The summed E-state index contributed by atoms with van der Waals surface area (Å²) < 4.78 is 0. The van der Waals surface area contributed by atoms with Crippen LogP contribution in [0.3, 0.4) is 0 Å². The topological polar surface area (TPSA) is 58.4 Å². The Morgan fingerprint density at radius 3 is 2.94 bits per heavy atom. The van der Waals surface area contributed by atoms with Crippen molar-refractivity contribution in [3.05, 3.63) is 39.9 Å². The van der Waals surface area contributed by atoms with Gasteiger partial charge in [-0.15, -0.1) is 0 Å². The molecule has 1 aliphatic carbocycles. The largest absolute Gasteiger partial charge is 0.311 e. The molecule has 0 unspecified atom stereocenters. The van der Waals surface area contributed by atoms with Crippen molar-refractivity contribution < 1.29 is 4.92 Å². The van der Waals surface area contributed by atoms with Gasteiger partial charge in [0.2, 0.25) is 0 Å². The number of nitro groups is 1. The molecule has 2 rings (SSSR count). The molecule has 1 fully saturated rings. The summed E-state index contributed by atoms with van der Waals surface area (Å²) >= 11 is 0. The molecule has 0 amide bonds. The molecule has 5 heteroatoms. The maximum absolute atomic E-state index is 10.6. The highest BCUT2D eigenvalue weighted by Crippen LogP contribution is 2.24. The minimum absolute atomic E-state index is 0.157. The predicted molar refractivity (Wildman–Crippen MR) is 70.5 cm³/mol. The Morgan fingerprint density at radius 2 is 2.28 bits per heavy atom. The summed E-state index contributed by atoms with van der Waals surface area (Å²) in [5, 5.41) is 13.9. The van der Waals surface area contributed by atoms with Gasteiger partial charge in [-0.1, -0.05) is 12.1 Å². The van der Waals surface area contributed by atoms with E-state index < -0.39 is 0 Å². The molecular weight excluding hydrogens is 230 g/mol. The summed E-state index contributed by atoms with van der Waals surface area (Å²) in [6, 6.07) is 7.56. The average molecular weight is 249 g/mol. The molecule has 0 aromatic heterocycles. The second-order valence-corrected chi connectivity index (χ2v) is 4.82. The summed E-state index contributed by atoms with van der Waals surface area (Å²) in [7, 11) is 2.15. The summed E-state index contributed by atoms with van der Waals surface area (Å²) in [5.41, 5.74) is 1.11. The molecule has 0 bridgehead atoms. The van der Waals surface area contributed by atoms with Crippen molar-refractivity contribution in [2.24, 2.45) is 0 Å². The molecule has 0 radical (unpaired) electrons. The number of hydrogen-bond acceptors (Lipinski definition) is 4. The Bertz CT molecular complexity index is 418. The molecule has 1 aromatic carbocycles. The molecular formula is C13H19N3O2. The van der Waals surface area contributed by atoms with E-state index in [0.29, 0.717) is 6.54 Å². The molecule has 1 N–H and O–H groups in total. The van der Waals surface area contributed by atoms with Crippen LogP contribution in [0, 0.1) is 10.1 Å². The number of benzene rings is 1. The van der Waals surface area contributed by atoms with E-state index in [0.717, 1.165) is 24.7 Å². The Labute approximate surface area is 107 Å². The quantitative estimate of drug-likeness (QED) is 0.454. The van der Waals surface area contributed by atoms with Crippen LogP contribution in [0.1, 0.15) is 18.4 Å². The van der Waals surface area contributed by atoms with E-state index in [9.17, 15) is 10.1 Å². The first-order valence-corrected chi connectivity index (χ1v) is 6.31. The molecule has 0 heterocycles. The van der Waals surface area contributed by atoms with Crippen molar-refractivity contribution >= 4 is 5.69 Å². The van der Waals surface area contributed by atoms with Crippen molar-refractivity contribution in [2.45, 2.75) is 25.4 Å². The highest BCUT2D eigenvalue weighted by molar-refractivity contribution is 5.34. The number of hydrogen-bond donors (Lipinski definition) is 1. The minimum Gasteiger partial charge on any atom is -0.311 e.